The summed E-state index contributed by atoms with van der Waals surface area (Å²) in [5.74, 6) is 0.664. The number of H-pyrrole nitrogens is 1. The molecule has 0 atom stereocenters. The van der Waals surface area contributed by atoms with Gasteiger partial charge in [-0.1, -0.05) is 28.1 Å². The molecule has 0 saturated carbocycles. The second-order valence-electron chi connectivity index (χ2n) is 3.62. The van der Waals surface area contributed by atoms with Crippen LogP contribution in [0.5, 0.6) is 0 Å². The number of aromatic amines is 1. The molecule has 0 radical (unpaired) electrons. The predicted octanol–water partition coefficient (Wildman–Crippen LogP) is 2.53. The van der Waals surface area contributed by atoms with Gasteiger partial charge in [0, 0.05) is 10.5 Å². The van der Waals surface area contributed by atoms with Gasteiger partial charge in [0.05, 0.1) is 0 Å². The maximum atomic E-state index is 11.6. The molecule has 0 fully saturated rings. The summed E-state index contributed by atoms with van der Waals surface area (Å²) in [4.78, 5) is 15.5. The Labute approximate surface area is 112 Å². The van der Waals surface area contributed by atoms with E-state index < -0.39 is 0 Å². The topological polar surface area (TPSA) is 70.7 Å². The average Bonchev–Trinajstić information content (AvgIpc) is 2.74. The molecule has 1 heterocycles. The number of aryl methyl sites for hydroxylation is 1. The number of rotatable bonds is 3. The SMILES string of the molecule is Cc1nc(NC(=O)/C=C/c2ccc(Br)cc2)n[nH]1. The summed E-state index contributed by atoms with van der Waals surface area (Å²) in [5, 5.41) is 9.02. The van der Waals surface area contributed by atoms with E-state index in [-0.39, 0.29) is 11.9 Å². The standard InChI is InChI=1S/C12H11BrN4O/c1-8-14-12(17-16-8)15-11(18)7-4-9-2-5-10(13)6-3-9/h2-7H,1H3,(H2,14,15,16,17,18)/b7-4+. The van der Waals surface area contributed by atoms with E-state index in [1.54, 1.807) is 13.0 Å². The number of halogens is 1. The maximum Gasteiger partial charge on any atom is 0.250 e. The number of hydrogen-bond donors (Lipinski definition) is 2. The Morgan fingerprint density at radius 1 is 1.39 bits per heavy atom. The summed E-state index contributed by atoms with van der Waals surface area (Å²) in [6, 6.07) is 7.64. The third kappa shape index (κ3) is 3.53. The van der Waals surface area contributed by atoms with Gasteiger partial charge in [0.25, 0.3) is 5.91 Å². The van der Waals surface area contributed by atoms with Gasteiger partial charge in [0.2, 0.25) is 5.95 Å². The Balaban J connectivity index is 1.96. The molecule has 0 bridgehead atoms. The minimum absolute atomic E-state index is 0.267. The first-order valence-corrected chi connectivity index (χ1v) is 6.06. The van der Waals surface area contributed by atoms with Crippen LogP contribution in [0, 0.1) is 6.92 Å². The van der Waals surface area contributed by atoms with E-state index in [1.807, 2.05) is 24.3 Å². The molecule has 0 aliphatic heterocycles. The Hall–Kier alpha value is -1.95. The van der Waals surface area contributed by atoms with Gasteiger partial charge in [0.1, 0.15) is 5.82 Å². The maximum absolute atomic E-state index is 11.6. The van der Waals surface area contributed by atoms with Crippen LogP contribution in [-0.2, 0) is 4.79 Å². The van der Waals surface area contributed by atoms with E-state index in [2.05, 4.69) is 36.4 Å². The monoisotopic (exact) mass is 306 g/mol. The molecular weight excluding hydrogens is 296 g/mol. The van der Waals surface area contributed by atoms with Gasteiger partial charge in [-0.25, -0.2) is 0 Å². The first-order chi connectivity index (χ1) is 8.63. The number of benzene rings is 1. The molecule has 5 nitrogen and oxygen atoms in total. The van der Waals surface area contributed by atoms with Gasteiger partial charge >= 0.3 is 0 Å². The number of amides is 1. The van der Waals surface area contributed by atoms with Gasteiger partial charge in [-0.15, -0.1) is 5.10 Å². The number of hydrogen-bond acceptors (Lipinski definition) is 3. The minimum atomic E-state index is -0.267. The molecule has 1 amide bonds. The lowest BCUT2D eigenvalue weighted by molar-refractivity contribution is -0.111. The van der Waals surface area contributed by atoms with Crippen LogP contribution >= 0.6 is 15.9 Å². The first kappa shape index (κ1) is 12.5. The summed E-state index contributed by atoms with van der Waals surface area (Å²) in [6.45, 7) is 1.76. The molecule has 0 aliphatic rings. The summed E-state index contributed by atoms with van der Waals surface area (Å²) < 4.78 is 1.00. The van der Waals surface area contributed by atoms with Crippen LogP contribution in [0.4, 0.5) is 5.95 Å². The second kappa shape index (κ2) is 5.59. The zero-order valence-corrected chi connectivity index (χ0v) is 11.2. The van der Waals surface area contributed by atoms with E-state index in [1.165, 1.54) is 6.08 Å². The third-order valence-corrected chi connectivity index (χ3v) is 2.66. The molecule has 1 aromatic heterocycles. The molecular formula is C12H11BrN4O. The lowest BCUT2D eigenvalue weighted by Gasteiger charge is -1.95. The molecule has 2 aromatic rings. The highest BCUT2D eigenvalue weighted by Crippen LogP contribution is 2.11. The van der Waals surface area contributed by atoms with Gasteiger partial charge < -0.3 is 0 Å². The average molecular weight is 307 g/mol. The number of anilines is 1. The molecule has 92 valence electrons. The van der Waals surface area contributed by atoms with Gasteiger partial charge in [0.15, 0.2) is 0 Å². The largest absolute Gasteiger partial charge is 0.290 e. The second-order valence-corrected chi connectivity index (χ2v) is 4.53. The van der Waals surface area contributed by atoms with Crippen molar-refractivity contribution < 1.29 is 4.79 Å². The Morgan fingerprint density at radius 2 is 2.11 bits per heavy atom. The molecule has 6 heteroatoms. The van der Waals surface area contributed by atoms with E-state index in [9.17, 15) is 4.79 Å². The van der Waals surface area contributed by atoms with Crippen molar-refractivity contribution in [3.05, 3.63) is 46.2 Å². The van der Waals surface area contributed by atoms with Crippen LogP contribution in [0.2, 0.25) is 0 Å². The number of nitrogens with one attached hydrogen (secondary N) is 2. The lowest BCUT2D eigenvalue weighted by atomic mass is 10.2. The molecule has 0 spiro atoms. The zero-order valence-electron chi connectivity index (χ0n) is 9.64. The summed E-state index contributed by atoms with van der Waals surface area (Å²) in [6.07, 6.45) is 3.16. The number of nitrogens with zero attached hydrogens (tertiary/aromatic N) is 2. The van der Waals surface area contributed by atoms with Gasteiger partial charge in [-0.3, -0.25) is 15.2 Å². The molecule has 0 aliphatic carbocycles. The Morgan fingerprint density at radius 3 is 2.72 bits per heavy atom. The van der Waals surface area contributed by atoms with Crippen LogP contribution in [-0.4, -0.2) is 21.1 Å². The molecule has 2 N–H and O–H groups in total. The van der Waals surface area contributed by atoms with Crippen LogP contribution in [0.25, 0.3) is 6.08 Å². The highest BCUT2D eigenvalue weighted by molar-refractivity contribution is 9.10. The van der Waals surface area contributed by atoms with Gasteiger partial charge in [-0.2, -0.15) is 4.98 Å². The van der Waals surface area contributed by atoms with Crippen molar-refractivity contribution in [1.82, 2.24) is 15.2 Å². The van der Waals surface area contributed by atoms with Crippen molar-refractivity contribution in [2.24, 2.45) is 0 Å². The molecule has 0 saturated heterocycles. The Bertz CT molecular complexity index is 574. The molecule has 18 heavy (non-hydrogen) atoms. The number of carbonyl (C=O) groups is 1. The number of aromatic nitrogens is 3. The summed E-state index contributed by atoms with van der Waals surface area (Å²) in [7, 11) is 0. The van der Waals surface area contributed by atoms with E-state index in [0.717, 1.165) is 10.0 Å². The zero-order chi connectivity index (χ0) is 13.0. The highest BCUT2D eigenvalue weighted by atomic mass is 79.9. The lowest BCUT2D eigenvalue weighted by Crippen LogP contribution is -2.09. The number of carbonyl (C=O) groups excluding carboxylic acids is 1. The van der Waals surface area contributed by atoms with Crippen LogP contribution < -0.4 is 5.32 Å². The van der Waals surface area contributed by atoms with Crippen molar-refractivity contribution in [2.75, 3.05) is 5.32 Å². The summed E-state index contributed by atoms with van der Waals surface area (Å²) in [5.41, 5.74) is 0.944. The van der Waals surface area contributed by atoms with E-state index in [4.69, 9.17) is 0 Å². The fourth-order valence-electron chi connectivity index (χ4n) is 1.30. The Kier molecular flexibility index (Phi) is 3.88. The van der Waals surface area contributed by atoms with Gasteiger partial charge in [-0.05, 0) is 30.7 Å². The van der Waals surface area contributed by atoms with Crippen molar-refractivity contribution >= 4 is 33.9 Å². The van der Waals surface area contributed by atoms with Crippen molar-refractivity contribution in [2.45, 2.75) is 6.92 Å². The van der Waals surface area contributed by atoms with Crippen LogP contribution in [0.1, 0.15) is 11.4 Å². The summed E-state index contributed by atoms with van der Waals surface area (Å²) >= 11 is 3.35. The normalized spacial score (nSPS) is 10.8. The quantitative estimate of drug-likeness (QED) is 0.856. The van der Waals surface area contributed by atoms with E-state index >= 15 is 0 Å². The van der Waals surface area contributed by atoms with Crippen LogP contribution in [0.15, 0.2) is 34.8 Å². The van der Waals surface area contributed by atoms with Crippen molar-refractivity contribution in [3.8, 4) is 0 Å². The minimum Gasteiger partial charge on any atom is -0.290 e. The van der Waals surface area contributed by atoms with Crippen molar-refractivity contribution in [1.29, 1.82) is 0 Å². The highest BCUT2D eigenvalue weighted by Gasteiger charge is 2.02. The van der Waals surface area contributed by atoms with Crippen LogP contribution in [0.3, 0.4) is 0 Å². The predicted molar refractivity (Wildman–Crippen MR) is 72.9 cm³/mol. The molecule has 0 unspecified atom stereocenters. The fraction of sp³-hybridized carbons (Fsp3) is 0.0833. The first-order valence-electron chi connectivity index (χ1n) is 5.27. The molecule has 1 aromatic carbocycles. The van der Waals surface area contributed by atoms with E-state index in [0.29, 0.717) is 5.82 Å². The third-order valence-electron chi connectivity index (χ3n) is 2.13. The van der Waals surface area contributed by atoms with Crippen molar-refractivity contribution in [3.63, 3.8) is 0 Å². The smallest absolute Gasteiger partial charge is 0.250 e. The molecule has 2 rings (SSSR count). The fourth-order valence-corrected chi connectivity index (χ4v) is 1.56.